The van der Waals surface area contributed by atoms with E-state index in [9.17, 15) is 9.18 Å². The van der Waals surface area contributed by atoms with Crippen molar-refractivity contribution in [2.75, 3.05) is 18.6 Å². The van der Waals surface area contributed by atoms with Crippen molar-refractivity contribution in [2.24, 2.45) is 0 Å². The number of amides is 1. The highest BCUT2D eigenvalue weighted by Gasteiger charge is 2.07. The topological polar surface area (TPSA) is 80.5 Å². The Balaban J connectivity index is 1.55. The van der Waals surface area contributed by atoms with Crippen molar-refractivity contribution in [2.45, 2.75) is 13.2 Å². The molecule has 1 N–H and O–H groups in total. The summed E-state index contributed by atoms with van der Waals surface area (Å²) in [5, 5.41) is 16.7. The first-order valence-electron chi connectivity index (χ1n) is 8.98. The minimum Gasteiger partial charge on any atom is -0.487 e. The molecule has 8 heteroatoms. The summed E-state index contributed by atoms with van der Waals surface area (Å²) in [7, 11) is 1.50. The molecule has 3 rings (SSSR count). The van der Waals surface area contributed by atoms with E-state index >= 15 is 0 Å². The third kappa shape index (κ3) is 5.65. The second kappa shape index (κ2) is 9.50. The van der Waals surface area contributed by atoms with Gasteiger partial charge in [0.2, 0.25) is 0 Å². The van der Waals surface area contributed by atoms with Gasteiger partial charge in [-0.3, -0.25) is 4.90 Å². The predicted molar refractivity (Wildman–Crippen MR) is 109 cm³/mol. The maximum absolute atomic E-state index is 12.3. The first kappa shape index (κ1) is 20.1. The fourth-order valence-corrected chi connectivity index (χ4v) is 2.54. The Hall–Kier alpha value is -3.68. The number of halogens is 1. The summed E-state index contributed by atoms with van der Waals surface area (Å²) in [6.45, 7) is -0.0339. The van der Waals surface area contributed by atoms with Crippen molar-refractivity contribution >= 4 is 23.9 Å². The maximum atomic E-state index is 12.3. The molecule has 1 amide bonds. The van der Waals surface area contributed by atoms with Crippen molar-refractivity contribution in [3.8, 4) is 5.75 Å². The van der Waals surface area contributed by atoms with Crippen LogP contribution in [0.1, 0.15) is 16.8 Å². The minimum absolute atomic E-state index is 0.188. The van der Waals surface area contributed by atoms with Gasteiger partial charge in [0.25, 0.3) is 0 Å². The molecule has 0 aliphatic rings. The SMILES string of the molecule is CN(C(=O)O)c1ccc(C=Cc2ccc(OCc3cn(CCF)nn3)cc2)cc1. The number of ether oxygens (including phenoxy) is 1. The van der Waals surface area contributed by atoms with E-state index in [0.717, 1.165) is 16.0 Å². The fraction of sp³-hybridized carbons (Fsp3) is 0.190. The predicted octanol–water partition coefficient (Wildman–Crippen LogP) is 4.11. The number of aryl methyl sites for hydroxylation is 1. The first-order chi connectivity index (χ1) is 14.0. The standard InChI is InChI=1S/C21H21FN4O3/c1-25(21(27)28)19-8-4-16(5-9-19)2-3-17-6-10-20(11-7-17)29-15-18-14-26(13-12-22)24-23-18/h2-11,14H,12-13,15H2,1H3,(H,27,28). The number of alkyl halides is 1. The number of hydrogen-bond donors (Lipinski definition) is 1. The Morgan fingerprint density at radius 3 is 2.34 bits per heavy atom. The average Bonchev–Trinajstić information content (AvgIpc) is 3.19. The Morgan fingerprint density at radius 2 is 1.76 bits per heavy atom. The second-order valence-corrected chi connectivity index (χ2v) is 6.29. The van der Waals surface area contributed by atoms with Crippen LogP contribution in [0.5, 0.6) is 5.75 Å². The van der Waals surface area contributed by atoms with E-state index < -0.39 is 12.8 Å². The Bertz CT molecular complexity index is 968. The molecule has 0 radical (unpaired) electrons. The van der Waals surface area contributed by atoms with Crippen LogP contribution in [0.3, 0.4) is 0 Å². The molecule has 150 valence electrons. The smallest absolute Gasteiger partial charge is 0.411 e. The van der Waals surface area contributed by atoms with Gasteiger partial charge >= 0.3 is 6.09 Å². The zero-order chi connectivity index (χ0) is 20.6. The lowest BCUT2D eigenvalue weighted by Crippen LogP contribution is -2.23. The van der Waals surface area contributed by atoms with Gasteiger partial charge in [-0.1, -0.05) is 41.6 Å². The van der Waals surface area contributed by atoms with Gasteiger partial charge in [0, 0.05) is 12.7 Å². The second-order valence-electron chi connectivity index (χ2n) is 6.29. The van der Waals surface area contributed by atoms with Crippen molar-refractivity contribution < 1.29 is 19.0 Å². The lowest BCUT2D eigenvalue weighted by molar-refractivity contribution is 0.203. The maximum Gasteiger partial charge on any atom is 0.411 e. The van der Waals surface area contributed by atoms with Gasteiger partial charge in [0.05, 0.1) is 12.7 Å². The quantitative estimate of drug-likeness (QED) is 0.580. The number of benzene rings is 2. The molecule has 29 heavy (non-hydrogen) atoms. The molecule has 0 atom stereocenters. The summed E-state index contributed by atoms with van der Waals surface area (Å²) in [5.74, 6) is 0.697. The number of carbonyl (C=O) groups is 1. The molecule has 0 spiro atoms. The normalized spacial score (nSPS) is 11.0. The summed E-state index contributed by atoms with van der Waals surface area (Å²) in [5.41, 5.74) is 3.21. The van der Waals surface area contributed by atoms with E-state index in [1.54, 1.807) is 18.3 Å². The van der Waals surface area contributed by atoms with Crippen LogP contribution in [0.15, 0.2) is 54.7 Å². The van der Waals surface area contributed by atoms with E-state index in [4.69, 9.17) is 9.84 Å². The molecule has 0 aliphatic heterocycles. The highest BCUT2D eigenvalue weighted by molar-refractivity contribution is 5.85. The summed E-state index contributed by atoms with van der Waals surface area (Å²) in [6, 6.07) is 14.8. The summed E-state index contributed by atoms with van der Waals surface area (Å²) in [6.07, 6.45) is 4.57. The molecule has 0 aliphatic carbocycles. The fourth-order valence-electron chi connectivity index (χ4n) is 2.54. The molecule has 1 heterocycles. The lowest BCUT2D eigenvalue weighted by Gasteiger charge is -2.12. The largest absolute Gasteiger partial charge is 0.487 e. The third-order valence-electron chi connectivity index (χ3n) is 4.20. The minimum atomic E-state index is -1.00. The van der Waals surface area contributed by atoms with E-state index in [1.165, 1.54) is 11.7 Å². The highest BCUT2D eigenvalue weighted by Crippen LogP contribution is 2.18. The van der Waals surface area contributed by atoms with Gasteiger partial charge in [0.15, 0.2) is 0 Å². The van der Waals surface area contributed by atoms with Crippen LogP contribution in [-0.2, 0) is 13.2 Å². The molecule has 0 fully saturated rings. The lowest BCUT2D eigenvalue weighted by atomic mass is 10.1. The van der Waals surface area contributed by atoms with Gasteiger partial charge in [0.1, 0.15) is 24.7 Å². The van der Waals surface area contributed by atoms with Crippen molar-refractivity contribution in [3.63, 3.8) is 0 Å². The third-order valence-corrected chi connectivity index (χ3v) is 4.20. The molecule has 3 aromatic rings. The van der Waals surface area contributed by atoms with E-state index in [1.807, 2.05) is 48.6 Å². The van der Waals surface area contributed by atoms with Gasteiger partial charge < -0.3 is 9.84 Å². The molecule has 2 aromatic carbocycles. The van der Waals surface area contributed by atoms with Gasteiger partial charge in [-0.05, 0) is 35.4 Å². The number of anilines is 1. The molecule has 0 bridgehead atoms. The zero-order valence-electron chi connectivity index (χ0n) is 15.9. The number of aromatic nitrogens is 3. The molecular formula is C21H21FN4O3. The molecule has 0 saturated carbocycles. The van der Waals surface area contributed by atoms with Gasteiger partial charge in [-0.15, -0.1) is 5.10 Å². The molecule has 7 nitrogen and oxygen atoms in total. The van der Waals surface area contributed by atoms with E-state index in [0.29, 0.717) is 17.1 Å². The average molecular weight is 396 g/mol. The monoisotopic (exact) mass is 396 g/mol. The summed E-state index contributed by atoms with van der Waals surface area (Å²) < 4.78 is 19.4. The molecule has 1 aromatic heterocycles. The van der Waals surface area contributed by atoms with Gasteiger partial charge in [-0.2, -0.15) is 0 Å². The molecule has 0 saturated heterocycles. The van der Waals surface area contributed by atoms with Gasteiger partial charge in [-0.25, -0.2) is 13.9 Å². The van der Waals surface area contributed by atoms with Crippen LogP contribution in [-0.4, -0.2) is 39.9 Å². The van der Waals surface area contributed by atoms with Crippen molar-refractivity contribution in [1.82, 2.24) is 15.0 Å². The number of carboxylic acid groups (broad SMARTS) is 1. The highest BCUT2D eigenvalue weighted by atomic mass is 19.1. The first-order valence-corrected chi connectivity index (χ1v) is 8.98. The number of rotatable bonds is 8. The van der Waals surface area contributed by atoms with Crippen molar-refractivity contribution in [1.29, 1.82) is 0 Å². The van der Waals surface area contributed by atoms with Crippen molar-refractivity contribution in [3.05, 3.63) is 71.5 Å². The Kier molecular flexibility index (Phi) is 6.57. The van der Waals surface area contributed by atoms with Crippen LogP contribution in [0.4, 0.5) is 14.9 Å². The van der Waals surface area contributed by atoms with Crippen LogP contribution in [0.2, 0.25) is 0 Å². The van der Waals surface area contributed by atoms with Crippen LogP contribution in [0, 0.1) is 0 Å². The van der Waals surface area contributed by atoms with E-state index in [-0.39, 0.29) is 13.2 Å². The molecule has 0 unspecified atom stereocenters. The molecular weight excluding hydrogens is 375 g/mol. The number of nitrogens with zero attached hydrogens (tertiary/aromatic N) is 4. The Labute approximate surface area is 167 Å². The summed E-state index contributed by atoms with van der Waals surface area (Å²) >= 11 is 0. The van der Waals surface area contributed by atoms with Crippen LogP contribution >= 0.6 is 0 Å². The van der Waals surface area contributed by atoms with Crippen LogP contribution < -0.4 is 9.64 Å². The van der Waals surface area contributed by atoms with E-state index in [2.05, 4.69) is 10.3 Å². The number of hydrogen-bond acceptors (Lipinski definition) is 4. The Morgan fingerprint density at radius 1 is 1.14 bits per heavy atom. The van der Waals surface area contributed by atoms with Crippen LogP contribution in [0.25, 0.3) is 12.2 Å². The summed E-state index contributed by atoms with van der Waals surface area (Å²) in [4.78, 5) is 12.1. The zero-order valence-corrected chi connectivity index (χ0v) is 15.9.